The van der Waals surface area contributed by atoms with Gasteiger partial charge in [0.25, 0.3) is 0 Å². The van der Waals surface area contributed by atoms with Gasteiger partial charge in [0.1, 0.15) is 0 Å². The van der Waals surface area contributed by atoms with Crippen LogP contribution in [-0.4, -0.2) is 23.4 Å². The van der Waals surface area contributed by atoms with E-state index in [0.29, 0.717) is 24.7 Å². The minimum Gasteiger partial charge on any atom is -0.504 e. The van der Waals surface area contributed by atoms with Crippen LogP contribution in [-0.2, 0) is 6.42 Å². The fourth-order valence-electron chi connectivity index (χ4n) is 1.65. The first-order valence-electron chi connectivity index (χ1n) is 5.09. The number of nitro benzene ring substituents is 1. The van der Waals surface area contributed by atoms with Crippen molar-refractivity contribution in [2.24, 2.45) is 0 Å². The molecule has 1 N–H and O–H groups in total. The Hall–Kier alpha value is -2.11. The molecule has 17 heavy (non-hydrogen) atoms. The van der Waals surface area contributed by atoms with Crippen molar-refractivity contribution in [3.63, 3.8) is 0 Å². The molecule has 0 aliphatic heterocycles. The molecule has 0 heterocycles. The monoisotopic (exact) mass is 239 g/mol. The van der Waals surface area contributed by atoms with Gasteiger partial charge in [-0.05, 0) is 6.42 Å². The van der Waals surface area contributed by atoms with Crippen LogP contribution in [0.2, 0.25) is 0 Å². The summed E-state index contributed by atoms with van der Waals surface area (Å²) in [4.78, 5) is 20.9. The number of hydrogen-bond donors (Lipinski definition) is 1. The molecule has 0 saturated heterocycles. The average molecular weight is 239 g/mol. The van der Waals surface area contributed by atoms with Crippen molar-refractivity contribution in [2.75, 3.05) is 7.11 Å². The number of benzene rings is 1. The number of carbonyl (C=O) groups is 1. The second kappa shape index (κ2) is 5.29. The molecule has 0 spiro atoms. The molecule has 1 aromatic rings. The lowest BCUT2D eigenvalue weighted by atomic mass is 10.0. The highest BCUT2D eigenvalue weighted by Gasteiger charge is 2.24. The Morgan fingerprint density at radius 2 is 2.24 bits per heavy atom. The number of phenolic OH excluding ortho intramolecular Hbond substituents is 1. The summed E-state index contributed by atoms with van der Waals surface area (Å²) in [6.07, 6.45) is 1.65. The number of carbonyl (C=O) groups excluding carboxylic acids is 1. The largest absolute Gasteiger partial charge is 0.504 e. The van der Waals surface area contributed by atoms with Crippen LogP contribution in [0.15, 0.2) is 6.07 Å². The van der Waals surface area contributed by atoms with Crippen molar-refractivity contribution in [2.45, 2.75) is 19.8 Å². The Balaban J connectivity index is 3.53. The lowest BCUT2D eigenvalue weighted by Crippen LogP contribution is -2.01. The molecular weight excluding hydrogens is 226 g/mol. The van der Waals surface area contributed by atoms with E-state index in [2.05, 4.69) is 0 Å². The van der Waals surface area contributed by atoms with Crippen LogP contribution in [0.5, 0.6) is 11.5 Å². The minimum absolute atomic E-state index is 0.122. The molecule has 6 nitrogen and oxygen atoms in total. The predicted molar refractivity (Wildman–Crippen MR) is 60.7 cm³/mol. The zero-order chi connectivity index (χ0) is 13.0. The number of rotatable bonds is 5. The predicted octanol–water partition coefficient (Wildman–Crippen LogP) is 2.07. The summed E-state index contributed by atoms with van der Waals surface area (Å²) < 4.78 is 4.82. The van der Waals surface area contributed by atoms with Gasteiger partial charge in [-0.15, -0.1) is 0 Å². The summed E-state index contributed by atoms with van der Waals surface area (Å²) >= 11 is 0. The Labute approximate surface area is 98.0 Å². The van der Waals surface area contributed by atoms with Gasteiger partial charge in [-0.3, -0.25) is 14.9 Å². The second-order valence-corrected chi connectivity index (χ2v) is 3.47. The van der Waals surface area contributed by atoms with E-state index in [9.17, 15) is 20.0 Å². The highest BCUT2D eigenvalue weighted by molar-refractivity contribution is 5.82. The summed E-state index contributed by atoms with van der Waals surface area (Å²) in [5, 5.41) is 20.6. The van der Waals surface area contributed by atoms with Crippen molar-refractivity contribution in [3.05, 3.63) is 27.3 Å². The number of ether oxygens (including phenoxy) is 1. The van der Waals surface area contributed by atoms with Gasteiger partial charge in [0.2, 0.25) is 5.75 Å². The van der Waals surface area contributed by atoms with Gasteiger partial charge in [0, 0.05) is 17.2 Å². The van der Waals surface area contributed by atoms with Gasteiger partial charge in [0.05, 0.1) is 12.0 Å². The number of nitro groups is 1. The first kappa shape index (κ1) is 13.0. The molecule has 0 fully saturated rings. The first-order chi connectivity index (χ1) is 8.06. The van der Waals surface area contributed by atoms with Gasteiger partial charge >= 0.3 is 5.69 Å². The number of methoxy groups -OCH3 is 1. The van der Waals surface area contributed by atoms with Crippen molar-refractivity contribution >= 4 is 12.0 Å². The molecule has 0 aliphatic rings. The third kappa shape index (κ3) is 2.35. The topological polar surface area (TPSA) is 89.7 Å². The Morgan fingerprint density at radius 3 is 2.65 bits per heavy atom. The van der Waals surface area contributed by atoms with E-state index in [1.165, 1.54) is 7.11 Å². The molecule has 1 aromatic carbocycles. The van der Waals surface area contributed by atoms with E-state index in [4.69, 9.17) is 4.74 Å². The van der Waals surface area contributed by atoms with Crippen molar-refractivity contribution in [1.82, 2.24) is 0 Å². The van der Waals surface area contributed by atoms with E-state index in [1.807, 2.05) is 6.92 Å². The maximum atomic E-state index is 10.9. The molecule has 0 aromatic heterocycles. The molecule has 0 amide bonds. The molecule has 0 bridgehead atoms. The summed E-state index contributed by atoms with van der Waals surface area (Å²) in [6, 6.07) is 1.12. The molecule has 0 radical (unpaired) electrons. The molecule has 6 heteroatoms. The van der Waals surface area contributed by atoms with Crippen LogP contribution < -0.4 is 4.74 Å². The van der Waals surface area contributed by atoms with Crippen LogP contribution >= 0.6 is 0 Å². The van der Waals surface area contributed by atoms with Crippen LogP contribution in [0, 0.1) is 10.1 Å². The van der Waals surface area contributed by atoms with Crippen LogP contribution in [0.3, 0.4) is 0 Å². The maximum absolute atomic E-state index is 10.9. The van der Waals surface area contributed by atoms with Gasteiger partial charge in [-0.25, -0.2) is 0 Å². The van der Waals surface area contributed by atoms with Gasteiger partial charge in [0.15, 0.2) is 12.0 Å². The lowest BCUT2D eigenvalue weighted by Gasteiger charge is -2.11. The Morgan fingerprint density at radius 1 is 1.59 bits per heavy atom. The van der Waals surface area contributed by atoms with Crippen molar-refractivity contribution < 1.29 is 19.6 Å². The standard InChI is InChI=1S/C11H13NO5/c1-3-4-8-7(6-13)5-9(12(15)16)11(17-2)10(8)14/h5-6,14H,3-4H2,1-2H3. The summed E-state index contributed by atoms with van der Waals surface area (Å²) in [7, 11) is 1.23. The number of aromatic hydroxyl groups is 1. The summed E-state index contributed by atoms with van der Waals surface area (Å²) in [6.45, 7) is 1.88. The normalized spacial score (nSPS) is 10.0. The Kier molecular flexibility index (Phi) is 4.03. The smallest absolute Gasteiger partial charge is 0.315 e. The lowest BCUT2D eigenvalue weighted by molar-refractivity contribution is -0.385. The molecular formula is C11H13NO5. The van der Waals surface area contributed by atoms with Gasteiger partial charge in [-0.2, -0.15) is 0 Å². The van der Waals surface area contributed by atoms with E-state index >= 15 is 0 Å². The van der Waals surface area contributed by atoms with E-state index in [-0.39, 0.29) is 17.1 Å². The van der Waals surface area contributed by atoms with E-state index in [1.54, 1.807) is 0 Å². The SMILES string of the molecule is CCCc1c(C=O)cc([N+](=O)[O-])c(OC)c1O. The number of phenols is 1. The Bertz CT molecular complexity index is 456. The number of hydrogen-bond acceptors (Lipinski definition) is 5. The second-order valence-electron chi connectivity index (χ2n) is 3.47. The number of aldehydes is 1. The molecule has 0 aliphatic carbocycles. The van der Waals surface area contributed by atoms with Crippen molar-refractivity contribution in [1.29, 1.82) is 0 Å². The first-order valence-corrected chi connectivity index (χ1v) is 5.09. The third-order valence-electron chi connectivity index (χ3n) is 2.40. The molecule has 0 saturated carbocycles. The molecule has 92 valence electrons. The minimum atomic E-state index is -0.693. The molecule has 0 unspecified atom stereocenters. The molecule has 0 atom stereocenters. The quantitative estimate of drug-likeness (QED) is 0.482. The maximum Gasteiger partial charge on any atom is 0.315 e. The average Bonchev–Trinajstić information content (AvgIpc) is 2.31. The fraction of sp³-hybridized carbons (Fsp3) is 0.364. The van der Waals surface area contributed by atoms with Crippen LogP contribution in [0.25, 0.3) is 0 Å². The van der Waals surface area contributed by atoms with Crippen molar-refractivity contribution in [3.8, 4) is 11.5 Å². The summed E-state index contributed by atoms with van der Waals surface area (Å²) in [5.74, 6) is -0.533. The number of nitrogens with zero attached hydrogens (tertiary/aromatic N) is 1. The van der Waals surface area contributed by atoms with Gasteiger partial charge in [-0.1, -0.05) is 13.3 Å². The highest BCUT2D eigenvalue weighted by Crippen LogP contribution is 2.40. The highest BCUT2D eigenvalue weighted by atomic mass is 16.6. The van der Waals surface area contributed by atoms with Gasteiger partial charge < -0.3 is 9.84 Å². The zero-order valence-electron chi connectivity index (χ0n) is 9.60. The third-order valence-corrected chi connectivity index (χ3v) is 2.40. The fourth-order valence-corrected chi connectivity index (χ4v) is 1.65. The zero-order valence-corrected chi connectivity index (χ0v) is 9.60. The summed E-state index contributed by atoms with van der Waals surface area (Å²) in [5.41, 5.74) is 0.0914. The van der Waals surface area contributed by atoms with E-state index < -0.39 is 10.6 Å². The van der Waals surface area contributed by atoms with Crippen LogP contribution in [0.4, 0.5) is 5.69 Å². The molecule has 1 rings (SSSR count). The van der Waals surface area contributed by atoms with Crippen LogP contribution in [0.1, 0.15) is 29.3 Å². The van der Waals surface area contributed by atoms with E-state index in [0.717, 1.165) is 6.07 Å².